The van der Waals surface area contributed by atoms with Crippen molar-refractivity contribution >= 4 is 5.97 Å². The molecule has 1 fully saturated rings. The number of carboxylic acids is 1. The summed E-state index contributed by atoms with van der Waals surface area (Å²) in [5, 5.41) is 12.3. The molecule has 0 aromatic carbocycles. The third-order valence-corrected chi connectivity index (χ3v) is 2.52. The Hall–Kier alpha value is -1.47. The fraction of sp³-hybridized carbons (Fsp3) is 0.667. The fourth-order valence-electron chi connectivity index (χ4n) is 1.53. The number of nitrogens with zero attached hydrogens (tertiary/aromatic N) is 2. The number of ether oxygens (including phenoxy) is 1. The van der Waals surface area contributed by atoms with Gasteiger partial charge in [0, 0.05) is 13.0 Å². The van der Waals surface area contributed by atoms with Crippen molar-refractivity contribution in [1.82, 2.24) is 10.1 Å². The van der Waals surface area contributed by atoms with Gasteiger partial charge in [-0.05, 0) is 6.42 Å². The van der Waals surface area contributed by atoms with Gasteiger partial charge in [0.2, 0.25) is 5.89 Å². The van der Waals surface area contributed by atoms with Gasteiger partial charge in [-0.1, -0.05) is 5.16 Å². The minimum atomic E-state index is -0.897. The molecule has 1 unspecified atom stereocenters. The van der Waals surface area contributed by atoms with Gasteiger partial charge in [0.05, 0.1) is 13.0 Å². The first-order chi connectivity index (χ1) is 7.60. The average Bonchev–Trinajstić information content (AvgIpc) is 2.84. The maximum atomic E-state index is 10.4. The lowest BCUT2D eigenvalue weighted by Crippen LogP contribution is -2.38. The van der Waals surface area contributed by atoms with Crippen molar-refractivity contribution in [2.45, 2.75) is 24.8 Å². The predicted molar refractivity (Wildman–Crippen MR) is 51.6 cm³/mol. The van der Waals surface area contributed by atoms with Crippen LogP contribution in [0.2, 0.25) is 0 Å². The molecule has 0 aliphatic carbocycles. The number of carbonyl (C=O) groups is 1. The van der Waals surface area contributed by atoms with Crippen LogP contribution in [0, 0.1) is 0 Å². The van der Waals surface area contributed by atoms with Crippen LogP contribution in [0.1, 0.15) is 24.6 Å². The second kappa shape index (κ2) is 4.18. The first-order valence-electron chi connectivity index (χ1n) is 5.02. The minimum Gasteiger partial charge on any atom is -0.481 e. The number of rotatable bonds is 4. The van der Waals surface area contributed by atoms with Crippen LogP contribution in [0.25, 0.3) is 0 Å². The van der Waals surface area contributed by atoms with Gasteiger partial charge >= 0.3 is 5.97 Å². The Kier molecular flexibility index (Phi) is 2.88. The number of hydrogen-bond acceptors (Lipinski definition) is 6. The molecule has 7 heteroatoms. The first kappa shape index (κ1) is 11.0. The summed E-state index contributed by atoms with van der Waals surface area (Å²) in [5.74, 6) is -0.203. The highest BCUT2D eigenvalue weighted by Crippen LogP contribution is 2.25. The van der Waals surface area contributed by atoms with E-state index in [1.165, 1.54) is 0 Å². The van der Waals surface area contributed by atoms with Crippen LogP contribution < -0.4 is 5.73 Å². The van der Waals surface area contributed by atoms with Gasteiger partial charge < -0.3 is 20.1 Å². The average molecular weight is 227 g/mol. The highest BCUT2D eigenvalue weighted by molar-refractivity contribution is 5.66. The van der Waals surface area contributed by atoms with Crippen LogP contribution in [0.4, 0.5) is 0 Å². The summed E-state index contributed by atoms with van der Waals surface area (Å²) in [5.41, 5.74) is 5.33. The Morgan fingerprint density at radius 2 is 2.44 bits per heavy atom. The number of hydrogen-bond donors (Lipinski definition) is 2. The van der Waals surface area contributed by atoms with E-state index in [1.807, 2.05) is 0 Å². The van der Waals surface area contributed by atoms with Crippen LogP contribution in [0.3, 0.4) is 0 Å². The van der Waals surface area contributed by atoms with Gasteiger partial charge in [0.1, 0.15) is 5.54 Å². The van der Waals surface area contributed by atoms with Crippen molar-refractivity contribution in [3.8, 4) is 0 Å². The van der Waals surface area contributed by atoms with Crippen LogP contribution >= 0.6 is 0 Å². The molecule has 1 saturated heterocycles. The van der Waals surface area contributed by atoms with E-state index in [0.29, 0.717) is 31.3 Å². The van der Waals surface area contributed by atoms with Gasteiger partial charge in [-0.25, -0.2) is 0 Å². The van der Waals surface area contributed by atoms with E-state index in [-0.39, 0.29) is 12.8 Å². The van der Waals surface area contributed by atoms with Gasteiger partial charge in [0.15, 0.2) is 5.82 Å². The molecule has 0 spiro atoms. The zero-order chi connectivity index (χ0) is 11.6. The smallest absolute Gasteiger partial charge is 0.303 e. The summed E-state index contributed by atoms with van der Waals surface area (Å²) in [6, 6.07) is 0. The first-order valence-corrected chi connectivity index (χ1v) is 5.02. The van der Waals surface area contributed by atoms with E-state index in [0.717, 1.165) is 0 Å². The Morgan fingerprint density at radius 1 is 1.62 bits per heavy atom. The normalized spacial score (nSPS) is 24.8. The zero-order valence-electron chi connectivity index (χ0n) is 8.68. The highest BCUT2D eigenvalue weighted by atomic mass is 16.5. The van der Waals surface area contributed by atoms with E-state index < -0.39 is 11.5 Å². The second-order valence-corrected chi connectivity index (χ2v) is 3.86. The highest BCUT2D eigenvalue weighted by Gasteiger charge is 2.37. The van der Waals surface area contributed by atoms with E-state index in [4.69, 9.17) is 20.1 Å². The third-order valence-electron chi connectivity index (χ3n) is 2.52. The Bertz CT molecular complexity index is 384. The summed E-state index contributed by atoms with van der Waals surface area (Å²) >= 11 is 0. The predicted octanol–water partition coefficient (Wildman–Crippen LogP) is -0.339. The molecule has 0 saturated carbocycles. The standard InChI is InChI=1S/C9H13N3O4/c10-9(3-4-15-5-9)8-11-6(16-12-8)1-2-7(13)14/h1-5,10H2,(H,13,14). The Morgan fingerprint density at radius 3 is 3.06 bits per heavy atom. The molecule has 1 aliphatic rings. The van der Waals surface area contributed by atoms with Gasteiger partial charge in [-0.3, -0.25) is 4.79 Å². The molecule has 1 aromatic heterocycles. The Labute approximate surface area is 91.6 Å². The lowest BCUT2D eigenvalue weighted by molar-refractivity contribution is -0.137. The van der Waals surface area contributed by atoms with Crippen molar-refractivity contribution in [1.29, 1.82) is 0 Å². The van der Waals surface area contributed by atoms with Crippen LogP contribution in [0.5, 0.6) is 0 Å². The molecule has 0 radical (unpaired) electrons. The third kappa shape index (κ3) is 2.20. The van der Waals surface area contributed by atoms with Crippen LogP contribution in [0.15, 0.2) is 4.52 Å². The van der Waals surface area contributed by atoms with Crippen molar-refractivity contribution in [3.05, 3.63) is 11.7 Å². The molecule has 1 aromatic rings. The van der Waals surface area contributed by atoms with Crippen molar-refractivity contribution < 1.29 is 19.2 Å². The van der Waals surface area contributed by atoms with Crippen LogP contribution in [-0.4, -0.2) is 34.4 Å². The monoisotopic (exact) mass is 227 g/mol. The molecule has 16 heavy (non-hydrogen) atoms. The quantitative estimate of drug-likeness (QED) is 0.723. The molecule has 0 bridgehead atoms. The SMILES string of the molecule is NC1(c2noc(CCC(=O)O)n2)CCOC1. The van der Waals surface area contributed by atoms with Crippen molar-refractivity contribution in [2.75, 3.05) is 13.2 Å². The van der Waals surface area contributed by atoms with Crippen LogP contribution in [-0.2, 0) is 21.5 Å². The molecule has 3 N–H and O–H groups in total. The van der Waals surface area contributed by atoms with E-state index in [1.54, 1.807) is 0 Å². The topological polar surface area (TPSA) is 111 Å². The summed E-state index contributed by atoms with van der Waals surface area (Å²) in [6.45, 7) is 0.945. The molecule has 1 aliphatic heterocycles. The maximum absolute atomic E-state index is 10.4. The van der Waals surface area contributed by atoms with Gasteiger partial charge in [-0.2, -0.15) is 4.98 Å². The largest absolute Gasteiger partial charge is 0.481 e. The summed E-state index contributed by atoms with van der Waals surface area (Å²) in [6.07, 6.45) is 0.833. The number of aryl methyl sites for hydroxylation is 1. The molecule has 0 amide bonds. The van der Waals surface area contributed by atoms with Gasteiger partial charge in [-0.15, -0.1) is 0 Å². The second-order valence-electron chi connectivity index (χ2n) is 3.86. The van der Waals surface area contributed by atoms with E-state index >= 15 is 0 Å². The van der Waals surface area contributed by atoms with Crippen molar-refractivity contribution in [2.24, 2.45) is 5.73 Å². The lowest BCUT2D eigenvalue weighted by Gasteiger charge is -2.15. The number of aliphatic carboxylic acids is 1. The summed E-state index contributed by atoms with van der Waals surface area (Å²) in [4.78, 5) is 14.5. The molecule has 88 valence electrons. The molecule has 1 atom stereocenters. The number of aromatic nitrogens is 2. The summed E-state index contributed by atoms with van der Waals surface area (Å²) < 4.78 is 10.1. The summed E-state index contributed by atoms with van der Waals surface area (Å²) in [7, 11) is 0. The maximum Gasteiger partial charge on any atom is 0.303 e. The molecule has 2 heterocycles. The number of nitrogens with two attached hydrogens (primary N) is 1. The molecule has 2 rings (SSSR count). The zero-order valence-corrected chi connectivity index (χ0v) is 8.68. The van der Waals surface area contributed by atoms with E-state index in [9.17, 15) is 4.79 Å². The minimum absolute atomic E-state index is 0.0320. The van der Waals surface area contributed by atoms with Gasteiger partial charge in [0.25, 0.3) is 0 Å². The van der Waals surface area contributed by atoms with E-state index in [2.05, 4.69) is 10.1 Å². The lowest BCUT2D eigenvalue weighted by atomic mass is 10.00. The number of carboxylic acid groups (broad SMARTS) is 1. The van der Waals surface area contributed by atoms with Crippen molar-refractivity contribution in [3.63, 3.8) is 0 Å². The molecule has 7 nitrogen and oxygen atoms in total. The Balaban J connectivity index is 2.04. The fourth-order valence-corrected chi connectivity index (χ4v) is 1.53. The molecular formula is C9H13N3O4. The molecular weight excluding hydrogens is 214 g/mol.